The van der Waals surface area contributed by atoms with Crippen molar-refractivity contribution in [2.75, 3.05) is 25.1 Å². The van der Waals surface area contributed by atoms with Crippen LogP contribution in [0.15, 0.2) is 30.3 Å². The average Bonchev–Trinajstić information content (AvgIpc) is 2.43. The van der Waals surface area contributed by atoms with Gasteiger partial charge in [0.05, 0.1) is 6.54 Å². The lowest BCUT2D eigenvalue weighted by atomic mass is 10.0. The Morgan fingerprint density at radius 3 is 2.74 bits per heavy atom. The average molecular weight is 278 g/mol. The number of amides is 2. The quantitative estimate of drug-likeness (QED) is 0.829. The number of benzene rings is 1. The highest BCUT2D eigenvalue weighted by atomic mass is 32.2. The van der Waals surface area contributed by atoms with E-state index in [0.29, 0.717) is 6.54 Å². The first-order valence-electron chi connectivity index (χ1n) is 6.34. The summed E-state index contributed by atoms with van der Waals surface area (Å²) >= 11 is 1.75. The largest absolute Gasteiger partial charge is 0.339 e. The molecular weight excluding hydrogens is 260 g/mol. The molecule has 2 amide bonds. The maximum Gasteiger partial charge on any atom is 0.250 e. The van der Waals surface area contributed by atoms with Crippen LogP contribution in [0.1, 0.15) is 18.0 Å². The second-order valence-electron chi connectivity index (χ2n) is 4.52. The van der Waals surface area contributed by atoms with Gasteiger partial charge in [0.2, 0.25) is 11.8 Å². The molecule has 0 saturated carbocycles. The first kappa shape index (κ1) is 13.9. The first-order chi connectivity index (χ1) is 9.22. The number of hydrogen-bond acceptors (Lipinski definition) is 3. The first-order valence-corrected chi connectivity index (χ1v) is 7.74. The summed E-state index contributed by atoms with van der Waals surface area (Å²) in [4.78, 5) is 25.8. The van der Waals surface area contributed by atoms with E-state index in [0.717, 1.165) is 17.7 Å². The van der Waals surface area contributed by atoms with Crippen molar-refractivity contribution in [3.63, 3.8) is 0 Å². The fourth-order valence-electron chi connectivity index (χ4n) is 2.16. The molecule has 1 aromatic carbocycles. The Bertz CT molecular complexity index is 450. The summed E-state index contributed by atoms with van der Waals surface area (Å²) in [6.45, 7) is 0.826. The third-order valence-corrected chi connectivity index (χ3v) is 3.80. The molecule has 1 N–H and O–H groups in total. The molecule has 0 radical (unpaired) electrons. The summed E-state index contributed by atoms with van der Waals surface area (Å²) in [5, 5.41) is 2.77. The van der Waals surface area contributed by atoms with E-state index in [-0.39, 0.29) is 18.4 Å². The van der Waals surface area contributed by atoms with Gasteiger partial charge >= 0.3 is 0 Å². The SMILES string of the molecule is CSCCCN1CC(=O)NC(c2ccccc2)C1=O. The summed E-state index contributed by atoms with van der Waals surface area (Å²) in [7, 11) is 0. The van der Waals surface area contributed by atoms with Crippen LogP contribution in [0, 0.1) is 0 Å². The van der Waals surface area contributed by atoms with Gasteiger partial charge in [-0.25, -0.2) is 0 Å². The van der Waals surface area contributed by atoms with Crippen LogP contribution in [0.5, 0.6) is 0 Å². The molecule has 1 unspecified atom stereocenters. The van der Waals surface area contributed by atoms with Crippen LogP contribution < -0.4 is 5.32 Å². The number of hydrogen-bond donors (Lipinski definition) is 1. The van der Waals surface area contributed by atoms with Crippen LogP contribution in [0.2, 0.25) is 0 Å². The second kappa shape index (κ2) is 6.61. The van der Waals surface area contributed by atoms with E-state index >= 15 is 0 Å². The Kier molecular flexibility index (Phi) is 4.85. The molecule has 19 heavy (non-hydrogen) atoms. The smallest absolute Gasteiger partial charge is 0.250 e. The summed E-state index contributed by atoms with van der Waals surface area (Å²) < 4.78 is 0. The summed E-state index contributed by atoms with van der Waals surface area (Å²) in [5.41, 5.74) is 0.843. The number of piperazine rings is 1. The van der Waals surface area contributed by atoms with Crippen molar-refractivity contribution >= 4 is 23.6 Å². The van der Waals surface area contributed by atoms with Gasteiger partial charge in [-0.1, -0.05) is 30.3 Å². The van der Waals surface area contributed by atoms with E-state index < -0.39 is 6.04 Å². The van der Waals surface area contributed by atoms with Crippen molar-refractivity contribution in [1.29, 1.82) is 0 Å². The van der Waals surface area contributed by atoms with Gasteiger partial charge in [0.15, 0.2) is 0 Å². The van der Waals surface area contributed by atoms with Crippen LogP contribution in [0.25, 0.3) is 0 Å². The Labute approximate surface area is 117 Å². The van der Waals surface area contributed by atoms with Gasteiger partial charge in [0, 0.05) is 6.54 Å². The minimum absolute atomic E-state index is 0.00750. The minimum Gasteiger partial charge on any atom is -0.339 e. The number of nitrogens with zero attached hydrogens (tertiary/aromatic N) is 1. The molecule has 0 aromatic heterocycles. The number of rotatable bonds is 5. The molecule has 1 aliphatic heterocycles. The van der Waals surface area contributed by atoms with Gasteiger partial charge in [-0.2, -0.15) is 11.8 Å². The van der Waals surface area contributed by atoms with E-state index in [9.17, 15) is 9.59 Å². The van der Waals surface area contributed by atoms with Gasteiger partial charge in [-0.05, 0) is 24.0 Å². The lowest BCUT2D eigenvalue weighted by Crippen LogP contribution is -2.53. The highest BCUT2D eigenvalue weighted by molar-refractivity contribution is 7.98. The Morgan fingerprint density at radius 1 is 1.32 bits per heavy atom. The number of nitrogens with one attached hydrogen (secondary N) is 1. The zero-order valence-corrected chi connectivity index (χ0v) is 11.8. The second-order valence-corrected chi connectivity index (χ2v) is 5.50. The molecule has 0 bridgehead atoms. The number of carbonyl (C=O) groups excluding carboxylic acids is 2. The zero-order chi connectivity index (χ0) is 13.7. The Balaban J connectivity index is 2.08. The van der Waals surface area contributed by atoms with Gasteiger partial charge in [-0.15, -0.1) is 0 Å². The van der Waals surface area contributed by atoms with Crippen molar-refractivity contribution in [1.82, 2.24) is 10.2 Å². The van der Waals surface area contributed by atoms with E-state index in [4.69, 9.17) is 0 Å². The van der Waals surface area contributed by atoms with Crippen LogP contribution in [-0.2, 0) is 9.59 Å². The number of thioether (sulfide) groups is 1. The summed E-state index contributed by atoms with van der Waals surface area (Å²) in [6, 6.07) is 8.86. The molecule has 1 aromatic rings. The lowest BCUT2D eigenvalue weighted by Gasteiger charge is -2.32. The molecule has 2 rings (SSSR count). The van der Waals surface area contributed by atoms with Crippen molar-refractivity contribution in [2.24, 2.45) is 0 Å². The predicted octanol–water partition coefficient (Wildman–Crippen LogP) is 1.44. The van der Waals surface area contributed by atoms with E-state index in [2.05, 4.69) is 5.32 Å². The standard InChI is InChI=1S/C14H18N2O2S/c1-19-9-5-8-16-10-12(17)15-13(14(16)18)11-6-3-2-4-7-11/h2-4,6-7,13H,5,8-10H2,1H3,(H,15,17). The molecule has 4 nitrogen and oxygen atoms in total. The van der Waals surface area contributed by atoms with Gasteiger partial charge in [0.25, 0.3) is 0 Å². The third kappa shape index (κ3) is 3.50. The Morgan fingerprint density at radius 2 is 2.05 bits per heavy atom. The molecular formula is C14H18N2O2S. The maximum atomic E-state index is 12.4. The third-order valence-electron chi connectivity index (χ3n) is 3.11. The molecule has 0 spiro atoms. The topological polar surface area (TPSA) is 49.4 Å². The van der Waals surface area contributed by atoms with Crippen molar-refractivity contribution in [3.05, 3.63) is 35.9 Å². The molecule has 1 fully saturated rings. The maximum absolute atomic E-state index is 12.4. The summed E-state index contributed by atoms with van der Waals surface area (Å²) in [5.74, 6) is 0.908. The normalized spacial score (nSPS) is 19.4. The molecule has 1 heterocycles. The monoisotopic (exact) mass is 278 g/mol. The molecule has 102 valence electrons. The van der Waals surface area contributed by atoms with Crippen LogP contribution in [0.3, 0.4) is 0 Å². The highest BCUT2D eigenvalue weighted by Crippen LogP contribution is 2.19. The number of carbonyl (C=O) groups is 2. The van der Waals surface area contributed by atoms with Gasteiger partial charge in [-0.3, -0.25) is 9.59 Å². The molecule has 1 aliphatic rings. The Hall–Kier alpha value is -1.49. The van der Waals surface area contributed by atoms with E-state index in [1.807, 2.05) is 36.6 Å². The van der Waals surface area contributed by atoms with Crippen LogP contribution in [0.4, 0.5) is 0 Å². The van der Waals surface area contributed by atoms with Crippen molar-refractivity contribution in [2.45, 2.75) is 12.5 Å². The van der Waals surface area contributed by atoms with Crippen molar-refractivity contribution in [3.8, 4) is 0 Å². The molecule has 5 heteroatoms. The fraction of sp³-hybridized carbons (Fsp3) is 0.429. The van der Waals surface area contributed by atoms with Crippen LogP contribution >= 0.6 is 11.8 Å². The zero-order valence-electron chi connectivity index (χ0n) is 11.0. The van der Waals surface area contributed by atoms with E-state index in [1.54, 1.807) is 16.7 Å². The van der Waals surface area contributed by atoms with Crippen LogP contribution in [-0.4, -0.2) is 41.8 Å². The van der Waals surface area contributed by atoms with Gasteiger partial charge in [0.1, 0.15) is 6.04 Å². The molecule has 0 aliphatic carbocycles. The molecule has 1 atom stereocenters. The van der Waals surface area contributed by atoms with E-state index in [1.165, 1.54) is 0 Å². The fourth-order valence-corrected chi connectivity index (χ4v) is 2.58. The lowest BCUT2D eigenvalue weighted by molar-refractivity contribution is -0.144. The minimum atomic E-state index is -0.531. The van der Waals surface area contributed by atoms with Gasteiger partial charge < -0.3 is 10.2 Å². The summed E-state index contributed by atoms with van der Waals surface area (Å²) in [6.07, 6.45) is 2.96. The predicted molar refractivity (Wildman–Crippen MR) is 76.9 cm³/mol. The highest BCUT2D eigenvalue weighted by Gasteiger charge is 2.33. The molecule has 1 saturated heterocycles. The van der Waals surface area contributed by atoms with Crippen molar-refractivity contribution < 1.29 is 9.59 Å².